The monoisotopic (exact) mass is 207 g/mol. The van der Waals surface area contributed by atoms with Crippen molar-refractivity contribution < 1.29 is 23.1 Å². The summed E-state index contributed by atoms with van der Waals surface area (Å²) in [6, 6.07) is 3.27. The Morgan fingerprint density at radius 3 is 2.50 bits per heavy atom. The summed E-state index contributed by atoms with van der Waals surface area (Å²) < 4.78 is 36.7. The van der Waals surface area contributed by atoms with Gasteiger partial charge in [-0.15, -0.1) is 0 Å². The SMILES string of the molecule is NOCc1cccc(C(F)(F)F)c1O. The first-order valence-electron chi connectivity index (χ1n) is 3.66. The summed E-state index contributed by atoms with van der Waals surface area (Å²) in [6.07, 6.45) is -4.57. The number of aromatic hydroxyl groups is 1. The van der Waals surface area contributed by atoms with Gasteiger partial charge in [-0.1, -0.05) is 12.1 Å². The predicted molar refractivity (Wildman–Crippen MR) is 42.1 cm³/mol. The van der Waals surface area contributed by atoms with Crippen molar-refractivity contribution in [1.82, 2.24) is 0 Å². The van der Waals surface area contributed by atoms with Crippen LogP contribution in [0, 0.1) is 0 Å². The van der Waals surface area contributed by atoms with E-state index in [0.717, 1.165) is 6.07 Å². The summed E-state index contributed by atoms with van der Waals surface area (Å²) >= 11 is 0. The molecular weight excluding hydrogens is 199 g/mol. The summed E-state index contributed by atoms with van der Waals surface area (Å²) in [5, 5.41) is 9.20. The van der Waals surface area contributed by atoms with E-state index in [-0.39, 0.29) is 12.2 Å². The summed E-state index contributed by atoms with van der Waals surface area (Å²) in [5.41, 5.74) is -1.09. The molecule has 0 heterocycles. The van der Waals surface area contributed by atoms with Crippen LogP contribution in [0.1, 0.15) is 11.1 Å². The minimum Gasteiger partial charge on any atom is -0.507 e. The van der Waals surface area contributed by atoms with Gasteiger partial charge in [0.25, 0.3) is 0 Å². The normalized spacial score (nSPS) is 11.7. The highest BCUT2D eigenvalue weighted by atomic mass is 19.4. The molecule has 0 amide bonds. The van der Waals surface area contributed by atoms with Gasteiger partial charge in [0.1, 0.15) is 5.75 Å². The molecule has 0 unspecified atom stereocenters. The highest BCUT2D eigenvalue weighted by Crippen LogP contribution is 2.37. The topological polar surface area (TPSA) is 55.5 Å². The van der Waals surface area contributed by atoms with Gasteiger partial charge in [-0.3, -0.25) is 4.84 Å². The molecule has 0 aliphatic heterocycles. The maximum atomic E-state index is 12.2. The van der Waals surface area contributed by atoms with Gasteiger partial charge in [0.2, 0.25) is 0 Å². The van der Waals surface area contributed by atoms with Gasteiger partial charge in [-0.2, -0.15) is 13.2 Å². The minimum atomic E-state index is -4.57. The third-order valence-electron chi connectivity index (χ3n) is 1.66. The van der Waals surface area contributed by atoms with E-state index in [4.69, 9.17) is 5.90 Å². The molecule has 78 valence electrons. The Balaban J connectivity index is 3.14. The van der Waals surface area contributed by atoms with Crippen LogP contribution < -0.4 is 5.90 Å². The maximum absolute atomic E-state index is 12.2. The van der Waals surface area contributed by atoms with Crippen LogP contribution in [0.3, 0.4) is 0 Å². The smallest absolute Gasteiger partial charge is 0.419 e. The van der Waals surface area contributed by atoms with E-state index in [0.29, 0.717) is 0 Å². The molecule has 0 aromatic heterocycles. The Hall–Kier alpha value is -1.27. The molecule has 1 aromatic rings. The second-order valence-corrected chi connectivity index (χ2v) is 2.62. The number of phenols is 1. The average Bonchev–Trinajstić information content (AvgIpc) is 2.07. The van der Waals surface area contributed by atoms with Crippen molar-refractivity contribution in [2.24, 2.45) is 5.90 Å². The molecule has 3 N–H and O–H groups in total. The van der Waals surface area contributed by atoms with Crippen LogP contribution >= 0.6 is 0 Å². The van der Waals surface area contributed by atoms with Crippen LogP contribution in [-0.2, 0) is 17.6 Å². The fourth-order valence-electron chi connectivity index (χ4n) is 1.03. The highest BCUT2D eigenvalue weighted by Gasteiger charge is 2.34. The van der Waals surface area contributed by atoms with Crippen LogP contribution in [0.5, 0.6) is 5.75 Å². The quantitative estimate of drug-likeness (QED) is 0.727. The molecule has 1 aromatic carbocycles. The predicted octanol–water partition coefficient (Wildman–Crippen LogP) is 1.80. The number of halogens is 3. The van der Waals surface area contributed by atoms with Crippen LogP contribution in [0.15, 0.2) is 18.2 Å². The van der Waals surface area contributed by atoms with E-state index in [2.05, 4.69) is 4.84 Å². The van der Waals surface area contributed by atoms with Gasteiger partial charge < -0.3 is 5.11 Å². The molecule has 0 saturated heterocycles. The lowest BCUT2D eigenvalue weighted by Crippen LogP contribution is -2.07. The van der Waals surface area contributed by atoms with Crippen molar-refractivity contribution in [3.63, 3.8) is 0 Å². The number of nitrogens with two attached hydrogens (primary N) is 1. The van der Waals surface area contributed by atoms with Crippen molar-refractivity contribution in [2.75, 3.05) is 0 Å². The molecule has 14 heavy (non-hydrogen) atoms. The molecule has 0 atom stereocenters. The molecular formula is C8H8F3NO2. The Kier molecular flexibility index (Phi) is 2.97. The minimum absolute atomic E-state index is 0.00215. The summed E-state index contributed by atoms with van der Waals surface area (Å²) in [6.45, 7) is -0.268. The van der Waals surface area contributed by atoms with Gasteiger partial charge in [0, 0.05) is 5.56 Å². The van der Waals surface area contributed by atoms with Crippen molar-refractivity contribution in [1.29, 1.82) is 0 Å². The first-order chi connectivity index (χ1) is 6.46. The number of phenolic OH excluding ortho intramolecular Hbond substituents is 1. The maximum Gasteiger partial charge on any atom is 0.419 e. The van der Waals surface area contributed by atoms with Crippen molar-refractivity contribution in [3.8, 4) is 5.75 Å². The van der Waals surface area contributed by atoms with Crippen molar-refractivity contribution >= 4 is 0 Å². The van der Waals surface area contributed by atoms with Gasteiger partial charge in [0.05, 0.1) is 12.2 Å². The zero-order valence-electron chi connectivity index (χ0n) is 7.01. The second-order valence-electron chi connectivity index (χ2n) is 2.62. The zero-order valence-corrected chi connectivity index (χ0v) is 7.01. The van der Waals surface area contributed by atoms with Gasteiger partial charge >= 0.3 is 6.18 Å². The third-order valence-corrected chi connectivity index (χ3v) is 1.66. The van der Waals surface area contributed by atoms with Crippen LogP contribution in [0.25, 0.3) is 0 Å². The van der Waals surface area contributed by atoms with E-state index in [1.54, 1.807) is 0 Å². The largest absolute Gasteiger partial charge is 0.507 e. The van der Waals surface area contributed by atoms with E-state index in [9.17, 15) is 18.3 Å². The van der Waals surface area contributed by atoms with Crippen LogP contribution in [0.4, 0.5) is 13.2 Å². The molecule has 1 rings (SSSR count). The Bertz CT molecular complexity index is 325. The molecule has 0 aliphatic rings. The lowest BCUT2D eigenvalue weighted by molar-refractivity contribution is -0.138. The first-order valence-corrected chi connectivity index (χ1v) is 3.66. The van der Waals surface area contributed by atoms with E-state index < -0.39 is 17.5 Å². The van der Waals surface area contributed by atoms with Gasteiger partial charge in [0.15, 0.2) is 0 Å². The molecule has 0 saturated carbocycles. The van der Waals surface area contributed by atoms with Crippen LogP contribution in [0.2, 0.25) is 0 Å². The summed E-state index contributed by atoms with van der Waals surface area (Å²) in [5.74, 6) is 3.85. The van der Waals surface area contributed by atoms with Crippen molar-refractivity contribution in [2.45, 2.75) is 12.8 Å². The molecule has 0 radical (unpaired) electrons. The standard InChI is InChI=1S/C8H8F3NO2/c9-8(10,11)6-3-1-2-5(4-14-12)7(6)13/h1-3,13H,4,12H2. The molecule has 0 aliphatic carbocycles. The Labute approximate surface area is 77.9 Å². The van der Waals surface area contributed by atoms with Gasteiger partial charge in [-0.25, -0.2) is 5.90 Å². The number of alkyl halides is 3. The first kappa shape index (κ1) is 10.8. The molecule has 0 spiro atoms. The van der Waals surface area contributed by atoms with E-state index in [1.165, 1.54) is 12.1 Å². The summed E-state index contributed by atoms with van der Waals surface area (Å²) in [7, 11) is 0. The Morgan fingerprint density at radius 1 is 1.36 bits per heavy atom. The molecule has 3 nitrogen and oxygen atoms in total. The van der Waals surface area contributed by atoms with E-state index in [1.807, 2.05) is 0 Å². The Morgan fingerprint density at radius 2 is 2.00 bits per heavy atom. The highest BCUT2D eigenvalue weighted by molar-refractivity contribution is 5.41. The second kappa shape index (κ2) is 3.85. The number of hydrogen-bond donors (Lipinski definition) is 2. The molecule has 6 heteroatoms. The lowest BCUT2D eigenvalue weighted by atomic mass is 10.1. The number of rotatable bonds is 2. The van der Waals surface area contributed by atoms with Gasteiger partial charge in [-0.05, 0) is 6.07 Å². The fraction of sp³-hybridized carbons (Fsp3) is 0.250. The van der Waals surface area contributed by atoms with Crippen molar-refractivity contribution in [3.05, 3.63) is 29.3 Å². The van der Waals surface area contributed by atoms with Crippen LogP contribution in [-0.4, -0.2) is 5.11 Å². The fourth-order valence-corrected chi connectivity index (χ4v) is 1.03. The summed E-state index contributed by atoms with van der Waals surface area (Å²) in [4.78, 5) is 4.15. The zero-order chi connectivity index (χ0) is 10.8. The lowest BCUT2D eigenvalue weighted by Gasteiger charge is -2.11. The third kappa shape index (κ3) is 2.15. The molecule has 0 bridgehead atoms. The number of para-hydroxylation sites is 1. The number of benzene rings is 1. The van der Waals surface area contributed by atoms with E-state index >= 15 is 0 Å². The molecule has 0 fully saturated rings. The number of hydrogen-bond acceptors (Lipinski definition) is 3. The average molecular weight is 207 g/mol.